The minimum absolute atomic E-state index is 0.364. The van der Waals surface area contributed by atoms with Gasteiger partial charge in [0.05, 0.1) is 0 Å². The number of nitrogens with one attached hydrogen (secondary N) is 1. The Morgan fingerprint density at radius 1 is 1.24 bits per heavy atom. The van der Waals surface area contributed by atoms with Gasteiger partial charge in [0.2, 0.25) is 11.7 Å². The van der Waals surface area contributed by atoms with E-state index in [1.807, 2.05) is 14.0 Å². The summed E-state index contributed by atoms with van der Waals surface area (Å²) in [6, 6.07) is 0.364. The second kappa shape index (κ2) is 8.49. The van der Waals surface area contributed by atoms with Crippen LogP contribution in [-0.4, -0.2) is 29.8 Å². The van der Waals surface area contributed by atoms with E-state index in [4.69, 9.17) is 9.26 Å². The van der Waals surface area contributed by atoms with E-state index in [1.165, 1.54) is 0 Å². The lowest BCUT2D eigenvalue weighted by atomic mass is 9.96. The molecule has 1 heterocycles. The number of rotatable bonds is 10. The second-order valence-corrected chi connectivity index (χ2v) is 5.97. The van der Waals surface area contributed by atoms with Crippen molar-refractivity contribution in [2.24, 2.45) is 5.92 Å². The zero-order valence-corrected chi connectivity index (χ0v) is 14.4. The summed E-state index contributed by atoms with van der Waals surface area (Å²) in [7, 11) is 1.98. The van der Waals surface area contributed by atoms with E-state index in [0.29, 0.717) is 30.3 Å². The van der Waals surface area contributed by atoms with Gasteiger partial charge in [-0.1, -0.05) is 32.9 Å². The molecule has 0 saturated carbocycles. The highest BCUT2D eigenvalue weighted by molar-refractivity contribution is 5.02. The molecule has 1 unspecified atom stereocenters. The molecule has 0 bridgehead atoms. The average molecular weight is 297 g/mol. The monoisotopic (exact) mass is 297 g/mol. The van der Waals surface area contributed by atoms with Gasteiger partial charge < -0.3 is 14.6 Å². The largest absolute Gasteiger partial charge is 0.367 e. The number of ether oxygens (including phenoxy) is 1. The van der Waals surface area contributed by atoms with Crippen LogP contribution in [0, 0.1) is 5.92 Å². The van der Waals surface area contributed by atoms with E-state index in [1.54, 1.807) is 0 Å². The first-order valence-electron chi connectivity index (χ1n) is 8.15. The van der Waals surface area contributed by atoms with Crippen LogP contribution in [0.1, 0.15) is 65.6 Å². The quantitative estimate of drug-likeness (QED) is 0.718. The Morgan fingerprint density at radius 2 is 1.90 bits per heavy atom. The predicted molar refractivity (Wildman–Crippen MR) is 84.2 cm³/mol. The molecule has 0 spiro atoms. The molecular formula is C16H31N3O2. The van der Waals surface area contributed by atoms with Crippen LogP contribution in [0.4, 0.5) is 0 Å². The van der Waals surface area contributed by atoms with Crippen LogP contribution in [0.2, 0.25) is 0 Å². The van der Waals surface area contributed by atoms with E-state index in [9.17, 15) is 0 Å². The highest BCUT2D eigenvalue weighted by Crippen LogP contribution is 2.31. The Bertz CT molecular complexity index is 400. The maximum atomic E-state index is 5.92. The zero-order chi connectivity index (χ0) is 15.9. The van der Waals surface area contributed by atoms with Crippen LogP contribution in [-0.2, 0) is 16.8 Å². The van der Waals surface area contributed by atoms with Crippen molar-refractivity contribution in [1.29, 1.82) is 0 Å². The zero-order valence-electron chi connectivity index (χ0n) is 14.4. The molecule has 1 atom stereocenters. The molecule has 5 nitrogen and oxygen atoms in total. The molecule has 0 aliphatic rings. The smallest absolute Gasteiger partial charge is 0.228 e. The fraction of sp³-hybridized carbons (Fsp3) is 0.875. The Labute approximate surface area is 128 Å². The maximum Gasteiger partial charge on any atom is 0.228 e. The average Bonchev–Trinajstić information content (AvgIpc) is 2.92. The number of nitrogens with zero attached hydrogens (tertiary/aromatic N) is 2. The van der Waals surface area contributed by atoms with Crippen LogP contribution in [0.5, 0.6) is 0 Å². The molecule has 1 aromatic rings. The first-order chi connectivity index (χ1) is 10.0. The minimum Gasteiger partial charge on any atom is -0.367 e. The molecule has 122 valence electrons. The Morgan fingerprint density at radius 3 is 2.38 bits per heavy atom. The third-order valence-corrected chi connectivity index (χ3v) is 4.02. The molecular weight excluding hydrogens is 266 g/mol. The van der Waals surface area contributed by atoms with Gasteiger partial charge in [0.15, 0.2) is 0 Å². The van der Waals surface area contributed by atoms with Crippen molar-refractivity contribution in [2.45, 2.75) is 71.9 Å². The van der Waals surface area contributed by atoms with Crippen LogP contribution in [0.15, 0.2) is 4.52 Å². The first-order valence-corrected chi connectivity index (χ1v) is 8.15. The third-order valence-electron chi connectivity index (χ3n) is 4.02. The molecule has 0 aliphatic carbocycles. The van der Waals surface area contributed by atoms with Crippen LogP contribution in [0.25, 0.3) is 0 Å². The molecule has 21 heavy (non-hydrogen) atoms. The number of hydrogen-bond donors (Lipinski definition) is 1. The van der Waals surface area contributed by atoms with Crippen LogP contribution in [0.3, 0.4) is 0 Å². The summed E-state index contributed by atoms with van der Waals surface area (Å²) in [4.78, 5) is 4.60. The Balaban J connectivity index is 2.83. The lowest BCUT2D eigenvalue weighted by molar-refractivity contribution is -0.0583. The van der Waals surface area contributed by atoms with Crippen LogP contribution < -0.4 is 5.32 Å². The molecule has 0 amide bonds. The molecule has 1 aromatic heterocycles. The van der Waals surface area contributed by atoms with Gasteiger partial charge in [0, 0.05) is 19.1 Å². The topological polar surface area (TPSA) is 60.2 Å². The van der Waals surface area contributed by atoms with Crippen molar-refractivity contribution >= 4 is 0 Å². The lowest BCUT2D eigenvalue weighted by Crippen LogP contribution is -2.30. The third kappa shape index (κ3) is 4.78. The van der Waals surface area contributed by atoms with Crippen molar-refractivity contribution in [2.75, 3.05) is 13.7 Å². The van der Waals surface area contributed by atoms with Gasteiger partial charge in [-0.3, -0.25) is 0 Å². The van der Waals surface area contributed by atoms with Gasteiger partial charge in [0.1, 0.15) is 5.60 Å². The Hall–Kier alpha value is -0.940. The summed E-state index contributed by atoms with van der Waals surface area (Å²) in [6.07, 6.45) is 3.54. The van der Waals surface area contributed by atoms with E-state index >= 15 is 0 Å². The van der Waals surface area contributed by atoms with E-state index in [0.717, 1.165) is 25.7 Å². The fourth-order valence-electron chi connectivity index (χ4n) is 2.72. The molecule has 0 aliphatic heterocycles. The summed E-state index contributed by atoms with van der Waals surface area (Å²) in [5.74, 6) is 2.01. The first kappa shape index (κ1) is 18.1. The Kier molecular flexibility index (Phi) is 7.32. The minimum atomic E-state index is -0.413. The van der Waals surface area contributed by atoms with E-state index in [-0.39, 0.29) is 0 Å². The molecule has 0 radical (unpaired) electrons. The number of hydrogen-bond acceptors (Lipinski definition) is 5. The molecule has 0 fully saturated rings. The molecule has 0 saturated heterocycles. The summed E-state index contributed by atoms with van der Waals surface area (Å²) >= 11 is 0. The van der Waals surface area contributed by atoms with Crippen molar-refractivity contribution in [3.63, 3.8) is 0 Å². The van der Waals surface area contributed by atoms with Gasteiger partial charge in [-0.2, -0.15) is 4.98 Å². The molecule has 1 rings (SSSR count). The highest BCUT2D eigenvalue weighted by atomic mass is 16.5. The van der Waals surface area contributed by atoms with Gasteiger partial charge in [-0.15, -0.1) is 0 Å². The normalized spacial score (nSPS) is 13.9. The van der Waals surface area contributed by atoms with E-state index < -0.39 is 5.60 Å². The maximum absolute atomic E-state index is 5.92. The number of aromatic nitrogens is 2. The molecule has 5 heteroatoms. The lowest BCUT2D eigenvalue weighted by Gasteiger charge is -2.27. The summed E-state index contributed by atoms with van der Waals surface area (Å²) in [5.41, 5.74) is -0.413. The predicted octanol–water partition coefficient (Wildman–Crippen LogP) is 3.30. The fourth-order valence-corrected chi connectivity index (χ4v) is 2.72. The van der Waals surface area contributed by atoms with Gasteiger partial charge in [-0.05, 0) is 39.2 Å². The van der Waals surface area contributed by atoms with E-state index in [2.05, 4.69) is 43.2 Å². The number of likely N-dealkylation sites (N-methyl/N-ethyl adjacent to an activating group) is 1. The second-order valence-electron chi connectivity index (χ2n) is 5.97. The SMILES string of the molecule is CCOC(CC)(CC)c1noc(CC(CC(C)C)NC)n1. The summed E-state index contributed by atoms with van der Waals surface area (Å²) < 4.78 is 11.4. The van der Waals surface area contributed by atoms with Crippen molar-refractivity contribution in [1.82, 2.24) is 15.5 Å². The van der Waals surface area contributed by atoms with Gasteiger partial charge in [-0.25, -0.2) is 0 Å². The van der Waals surface area contributed by atoms with Crippen molar-refractivity contribution in [3.05, 3.63) is 11.7 Å². The standard InChI is InChI=1S/C16H31N3O2/c1-7-16(8-2,20-9-3)15-18-14(21-19-15)11-13(17-6)10-12(4)5/h12-13,17H,7-11H2,1-6H3. The van der Waals surface area contributed by atoms with Crippen LogP contribution >= 0.6 is 0 Å². The molecule has 1 N–H and O–H groups in total. The summed E-state index contributed by atoms with van der Waals surface area (Å²) in [6.45, 7) is 11.3. The van der Waals surface area contributed by atoms with Gasteiger partial charge in [0.25, 0.3) is 0 Å². The summed E-state index contributed by atoms with van der Waals surface area (Å²) in [5, 5.41) is 7.50. The van der Waals surface area contributed by atoms with Gasteiger partial charge >= 0.3 is 0 Å². The molecule has 0 aromatic carbocycles. The van der Waals surface area contributed by atoms with Crippen molar-refractivity contribution in [3.8, 4) is 0 Å². The highest BCUT2D eigenvalue weighted by Gasteiger charge is 2.34. The van der Waals surface area contributed by atoms with Crippen molar-refractivity contribution < 1.29 is 9.26 Å².